The van der Waals surface area contributed by atoms with Crippen LogP contribution in [0.25, 0.3) is 10.9 Å². The van der Waals surface area contributed by atoms with Gasteiger partial charge in [0, 0.05) is 10.4 Å². The monoisotopic (exact) mass is 369 g/mol. The van der Waals surface area contributed by atoms with Crippen molar-refractivity contribution >= 4 is 34.2 Å². The summed E-state index contributed by atoms with van der Waals surface area (Å²) < 4.78 is 20.5. The zero-order chi connectivity index (χ0) is 18.1. The van der Waals surface area contributed by atoms with Gasteiger partial charge in [0.15, 0.2) is 11.6 Å². The number of rotatable bonds is 4. The Morgan fingerprint density at radius 2 is 2.08 bits per heavy atom. The van der Waals surface area contributed by atoms with Crippen LogP contribution in [0.3, 0.4) is 0 Å². The van der Waals surface area contributed by atoms with Crippen molar-refractivity contribution in [2.45, 2.75) is 6.54 Å². The molecule has 130 valence electrons. The second-order valence-corrected chi connectivity index (χ2v) is 6.17. The lowest BCUT2D eigenvalue weighted by molar-refractivity contribution is 0.0996. The van der Waals surface area contributed by atoms with Crippen LogP contribution < -0.4 is 5.32 Å². The number of carbonyl (C=O) groups is 1. The van der Waals surface area contributed by atoms with Gasteiger partial charge in [-0.05, 0) is 48.0 Å². The molecule has 0 aliphatic carbocycles. The van der Waals surface area contributed by atoms with Crippen LogP contribution in [-0.4, -0.2) is 15.7 Å². The lowest BCUT2D eigenvalue weighted by atomic mass is 10.2. The first-order chi connectivity index (χ1) is 12.6. The fourth-order valence-electron chi connectivity index (χ4n) is 2.75. The molecule has 0 saturated carbocycles. The van der Waals surface area contributed by atoms with Crippen LogP contribution in [0.4, 0.5) is 10.2 Å². The highest BCUT2D eigenvalue weighted by Crippen LogP contribution is 2.25. The smallest absolute Gasteiger partial charge is 0.292 e. The number of benzene rings is 2. The predicted octanol–water partition coefficient (Wildman–Crippen LogP) is 4.72. The zero-order valence-corrected chi connectivity index (χ0v) is 14.2. The van der Waals surface area contributed by atoms with E-state index in [2.05, 4.69) is 10.4 Å². The average Bonchev–Trinajstić information content (AvgIpc) is 3.24. The topological polar surface area (TPSA) is 60.1 Å². The summed E-state index contributed by atoms with van der Waals surface area (Å²) in [6, 6.07) is 14.9. The van der Waals surface area contributed by atoms with Gasteiger partial charge in [-0.3, -0.25) is 9.48 Å². The number of nitrogens with one attached hydrogen (secondary N) is 1. The zero-order valence-electron chi connectivity index (χ0n) is 13.4. The number of halogens is 2. The van der Waals surface area contributed by atoms with Gasteiger partial charge in [0.1, 0.15) is 5.82 Å². The maximum atomic E-state index is 13.7. The number of carbonyl (C=O) groups excluding carboxylic acids is 1. The van der Waals surface area contributed by atoms with Gasteiger partial charge < -0.3 is 9.73 Å². The average molecular weight is 370 g/mol. The summed E-state index contributed by atoms with van der Waals surface area (Å²) in [5.74, 6) is -0.441. The number of hydrogen-bond acceptors (Lipinski definition) is 3. The molecule has 1 amide bonds. The van der Waals surface area contributed by atoms with Crippen LogP contribution in [0.15, 0.2) is 65.3 Å². The SMILES string of the molecule is O=C(Nc1nn(Cc2cccc(Cl)c2)c2ccc(F)cc12)c1ccco1. The number of aromatic nitrogens is 2. The minimum atomic E-state index is -0.450. The van der Waals surface area contributed by atoms with Crippen molar-refractivity contribution < 1.29 is 13.6 Å². The molecular weight excluding hydrogens is 357 g/mol. The van der Waals surface area contributed by atoms with Crippen LogP contribution in [0.5, 0.6) is 0 Å². The van der Waals surface area contributed by atoms with E-state index in [1.54, 1.807) is 28.9 Å². The molecule has 2 aromatic heterocycles. The van der Waals surface area contributed by atoms with E-state index in [9.17, 15) is 9.18 Å². The molecule has 0 fully saturated rings. The molecule has 26 heavy (non-hydrogen) atoms. The molecule has 2 heterocycles. The molecule has 0 atom stereocenters. The van der Waals surface area contributed by atoms with Crippen molar-refractivity contribution in [1.29, 1.82) is 0 Å². The molecule has 0 bridgehead atoms. The Labute approximate surface area is 153 Å². The van der Waals surface area contributed by atoms with Crippen LogP contribution in [0.1, 0.15) is 16.1 Å². The van der Waals surface area contributed by atoms with Gasteiger partial charge in [-0.2, -0.15) is 5.10 Å². The van der Waals surface area contributed by atoms with Crippen molar-refractivity contribution in [2.24, 2.45) is 0 Å². The molecule has 4 rings (SSSR count). The summed E-state index contributed by atoms with van der Waals surface area (Å²) >= 11 is 6.03. The lowest BCUT2D eigenvalue weighted by Crippen LogP contribution is -2.12. The molecule has 0 spiro atoms. The molecule has 7 heteroatoms. The summed E-state index contributed by atoms with van der Waals surface area (Å²) in [4.78, 5) is 12.3. The van der Waals surface area contributed by atoms with E-state index in [0.717, 1.165) is 5.56 Å². The fraction of sp³-hybridized carbons (Fsp3) is 0.0526. The molecular formula is C19H13ClFN3O2. The minimum absolute atomic E-state index is 0.152. The molecule has 0 unspecified atom stereocenters. The summed E-state index contributed by atoms with van der Waals surface area (Å²) in [5, 5.41) is 8.24. The first-order valence-corrected chi connectivity index (χ1v) is 8.23. The Bertz CT molecular complexity index is 1090. The third-order valence-corrected chi connectivity index (χ3v) is 4.15. The molecule has 4 aromatic rings. The highest BCUT2D eigenvalue weighted by atomic mass is 35.5. The number of anilines is 1. The van der Waals surface area contributed by atoms with Crippen molar-refractivity contribution in [3.63, 3.8) is 0 Å². The van der Waals surface area contributed by atoms with Crippen molar-refractivity contribution in [1.82, 2.24) is 9.78 Å². The van der Waals surface area contributed by atoms with Crippen LogP contribution in [0, 0.1) is 5.82 Å². The van der Waals surface area contributed by atoms with Gasteiger partial charge in [-0.15, -0.1) is 0 Å². The standard InChI is InChI=1S/C19H13ClFN3O2/c20-13-4-1-3-12(9-13)11-24-16-7-6-14(21)10-15(16)18(23-24)22-19(25)17-5-2-8-26-17/h1-10H,11H2,(H,22,23,25). The predicted molar refractivity (Wildman–Crippen MR) is 96.9 cm³/mol. The third-order valence-electron chi connectivity index (χ3n) is 3.91. The summed E-state index contributed by atoms with van der Waals surface area (Å²) in [6.07, 6.45) is 1.41. The van der Waals surface area contributed by atoms with Gasteiger partial charge in [-0.25, -0.2) is 4.39 Å². The van der Waals surface area contributed by atoms with E-state index >= 15 is 0 Å². The van der Waals surface area contributed by atoms with E-state index in [-0.39, 0.29) is 11.6 Å². The third kappa shape index (κ3) is 3.19. The van der Waals surface area contributed by atoms with Crippen LogP contribution in [0.2, 0.25) is 5.02 Å². The molecule has 0 aliphatic heterocycles. The molecule has 5 nitrogen and oxygen atoms in total. The van der Waals surface area contributed by atoms with E-state index in [0.29, 0.717) is 22.5 Å². The highest BCUT2D eigenvalue weighted by Gasteiger charge is 2.16. The maximum Gasteiger partial charge on any atom is 0.292 e. The Kier molecular flexibility index (Phi) is 4.18. The van der Waals surface area contributed by atoms with Gasteiger partial charge in [0.25, 0.3) is 5.91 Å². The number of furan rings is 1. The first-order valence-electron chi connectivity index (χ1n) is 7.85. The molecule has 1 N–H and O–H groups in total. The van der Waals surface area contributed by atoms with E-state index in [1.165, 1.54) is 18.4 Å². The second-order valence-electron chi connectivity index (χ2n) is 5.73. The normalized spacial score (nSPS) is 11.0. The van der Waals surface area contributed by atoms with Gasteiger partial charge >= 0.3 is 0 Å². The minimum Gasteiger partial charge on any atom is -0.459 e. The van der Waals surface area contributed by atoms with Crippen molar-refractivity contribution in [2.75, 3.05) is 5.32 Å². The summed E-state index contributed by atoms with van der Waals surface area (Å²) in [5.41, 5.74) is 1.64. The van der Waals surface area contributed by atoms with Crippen molar-refractivity contribution in [3.05, 3.63) is 83.0 Å². The molecule has 0 radical (unpaired) electrons. The lowest BCUT2D eigenvalue weighted by Gasteiger charge is -2.04. The quantitative estimate of drug-likeness (QED) is 0.566. The van der Waals surface area contributed by atoms with Crippen molar-refractivity contribution in [3.8, 4) is 0 Å². The van der Waals surface area contributed by atoms with E-state index in [1.807, 2.05) is 18.2 Å². The van der Waals surface area contributed by atoms with Crippen LogP contribution in [-0.2, 0) is 6.54 Å². The number of nitrogens with zero attached hydrogens (tertiary/aromatic N) is 2. The largest absolute Gasteiger partial charge is 0.459 e. The number of amides is 1. The highest BCUT2D eigenvalue weighted by molar-refractivity contribution is 6.30. The van der Waals surface area contributed by atoms with Gasteiger partial charge in [0.2, 0.25) is 0 Å². The van der Waals surface area contributed by atoms with Gasteiger partial charge in [-0.1, -0.05) is 23.7 Å². The Balaban J connectivity index is 1.73. The summed E-state index contributed by atoms with van der Waals surface area (Å²) in [6.45, 7) is 0.430. The first kappa shape index (κ1) is 16.4. The Morgan fingerprint density at radius 1 is 1.19 bits per heavy atom. The maximum absolute atomic E-state index is 13.7. The summed E-state index contributed by atoms with van der Waals surface area (Å²) in [7, 11) is 0. The molecule has 2 aromatic carbocycles. The Hall–Kier alpha value is -3.12. The van der Waals surface area contributed by atoms with E-state index in [4.69, 9.17) is 16.0 Å². The number of fused-ring (bicyclic) bond motifs is 1. The Morgan fingerprint density at radius 3 is 2.85 bits per heavy atom. The molecule has 0 aliphatic rings. The van der Waals surface area contributed by atoms with Crippen LogP contribution >= 0.6 is 11.6 Å². The second kappa shape index (κ2) is 6.65. The van der Waals surface area contributed by atoms with Gasteiger partial charge in [0.05, 0.1) is 18.3 Å². The van der Waals surface area contributed by atoms with E-state index < -0.39 is 11.7 Å². The number of hydrogen-bond donors (Lipinski definition) is 1. The molecule has 0 saturated heterocycles. The fourth-order valence-corrected chi connectivity index (χ4v) is 2.96.